The summed E-state index contributed by atoms with van der Waals surface area (Å²) in [4.78, 5) is 13.8. The van der Waals surface area contributed by atoms with Gasteiger partial charge in [0.05, 0.1) is 6.10 Å². The second kappa shape index (κ2) is 7.10. The predicted molar refractivity (Wildman–Crippen MR) is 82.1 cm³/mol. The molecule has 0 aliphatic carbocycles. The van der Waals surface area contributed by atoms with Gasteiger partial charge in [-0.05, 0) is 50.1 Å². The zero-order valence-corrected chi connectivity index (χ0v) is 12.1. The summed E-state index contributed by atoms with van der Waals surface area (Å²) in [7, 11) is 1.77. The normalized spacial score (nSPS) is 19.3. The minimum Gasteiger partial charge on any atom is -0.380 e. The Hall–Kier alpha value is -1.81. The van der Waals surface area contributed by atoms with Crippen molar-refractivity contribution in [1.82, 2.24) is 0 Å². The number of nitrogens with zero attached hydrogens (tertiary/aromatic N) is 1. The largest absolute Gasteiger partial charge is 0.380 e. The first-order valence-corrected chi connectivity index (χ1v) is 7.04. The van der Waals surface area contributed by atoms with E-state index in [9.17, 15) is 4.79 Å². The summed E-state index contributed by atoms with van der Waals surface area (Å²) in [5, 5.41) is 2.82. The predicted octanol–water partition coefficient (Wildman–Crippen LogP) is 2.82. The van der Waals surface area contributed by atoms with Crippen LogP contribution in [0, 0.1) is 0 Å². The number of allylic oxidation sites excluding steroid dienone is 1. The van der Waals surface area contributed by atoms with E-state index >= 15 is 0 Å². The number of carbonyl (C=O) groups excluding carboxylic acids is 1. The molecule has 0 saturated carbocycles. The van der Waals surface area contributed by atoms with Crippen LogP contribution < -0.4 is 10.2 Å². The molecule has 1 saturated heterocycles. The fourth-order valence-electron chi connectivity index (χ4n) is 2.46. The number of ether oxygens (including phenoxy) is 1. The van der Waals surface area contributed by atoms with E-state index in [0.717, 1.165) is 31.6 Å². The van der Waals surface area contributed by atoms with Crippen LogP contribution in [-0.2, 0) is 9.53 Å². The maximum Gasteiger partial charge on any atom is 0.248 e. The summed E-state index contributed by atoms with van der Waals surface area (Å²) < 4.78 is 5.44. The van der Waals surface area contributed by atoms with Gasteiger partial charge in [0.15, 0.2) is 0 Å². The molecule has 0 bridgehead atoms. The van der Waals surface area contributed by atoms with Crippen molar-refractivity contribution in [3.05, 3.63) is 36.4 Å². The van der Waals surface area contributed by atoms with Gasteiger partial charge in [0, 0.05) is 31.6 Å². The van der Waals surface area contributed by atoms with Gasteiger partial charge in [0.25, 0.3) is 0 Å². The topological polar surface area (TPSA) is 41.6 Å². The van der Waals surface area contributed by atoms with E-state index < -0.39 is 0 Å². The number of methoxy groups -OCH3 is 1. The fourth-order valence-corrected chi connectivity index (χ4v) is 2.46. The van der Waals surface area contributed by atoms with Crippen LogP contribution in [0.1, 0.15) is 19.8 Å². The third kappa shape index (κ3) is 3.84. The lowest BCUT2D eigenvalue weighted by Gasteiger charge is -2.33. The van der Waals surface area contributed by atoms with Crippen LogP contribution in [0.2, 0.25) is 0 Å². The second-order valence-electron chi connectivity index (χ2n) is 4.98. The van der Waals surface area contributed by atoms with Gasteiger partial charge >= 0.3 is 0 Å². The highest BCUT2D eigenvalue weighted by Gasteiger charge is 2.19. The lowest BCUT2D eigenvalue weighted by atomic mass is 10.1. The number of anilines is 2. The molecule has 1 aliphatic rings. The number of rotatable bonds is 4. The molecule has 1 fully saturated rings. The highest BCUT2D eigenvalue weighted by Crippen LogP contribution is 2.22. The maximum atomic E-state index is 11.5. The van der Waals surface area contributed by atoms with Crippen molar-refractivity contribution in [2.75, 3.05) is 30.4 Å². The van der Waals surface area contributed by atoms with E-state index in [2.05, 4.69) is 10.2 Å². The molecule has 1 amide bonds. The van der Waals surface area contributed by atoms with Crippen molar-refractivity contribution >= 4 is 17.3 Å². The Kier molecular flexibility index (Phi) is 5.18. The Bertz CT molecular complexity index is 468. The Balaban J connectivity index is 1.99. The Morgan fingerprint density at radius 3 is 2.80 bits per heavy atom. The van der Waals surface area contributed by atoms with Crippen molar-refractivity contribution in [3.63, 3.8) is 0 Å². The number of nitrogens with one attached hydrogen (secondary N) is 1. The van der Waals surface area contributed by atoms with Gasteiger partial charge in [0.1, 0.15) is 0 Å². The van der Waals surface area contributed by atoms with Crippen LogP contribution in [0.4, 0.5) is 11.4 Å². The summed E-state index contributed by atoms with van der Waals surface area (Å²) in [6.45, 7) is 3.82. The Morgan fingerprint density at radius 2 is 2.15 bits per heavy atom. The Morgan fingerprint density at radius 1 is 1.40 bits per heavy atom. The van der Waals surface area contributed by atoms with Gasteiger partial charge in [-0.25, -0.2) is 0 Å². The van der Waals surface area contributed by atoms with Crippen LogP contribution in [0.15, 0.2) is 36.4 Å². The van der Waals surface area contributed by atoms with Crippen molar-refractivity contribution in [1.29, 1.82) is 0 Å². The SMILES string of the molecule is C/C=C/C(=O)Nc1ccc(N2CCCC(OC)C2)cc1. The quantitative estimate of drug-likeness (QED) is 0.858. The summed E-state index contributed by atoms with van der Waals surface area (Å²) in [6.07, 6.45) is 5.84. The van der Waals surface area contributed by atoms with E-state index in [1.54, 1.807) is 13.2 Å². The third-order valence-corrected chi connectivity index (χ3v) is 3.53. The van der Waals surface area contributed by atoms with E-state index in [-0.39, 0.29) is 5.91 Å². The minimum absolute atomic E-state index is 0.0994. The first-order chi connectivity index (χ1) is 9.72. The lowest BCUT2D eigenvalue weighted by molar-refractivity contribution is -0.111. The summed E-state index contributed by atoms with van der Waals surface area (Å²) in [5.74, 6) is -0.0994. The van der Waals surface area contributed by atoms with E-state index in [1.807, 2.05) is 31.2 Å². The van der Waals surface area contributed by atoms with Crippen LogP contribution in [0.25, 0.3) is 0 Å². The van der Waals surface area contributed by atoms with Crippen LogP contribution in [-0.4, -0.2) is 32.2 Å². The summed E-state index contributed by atoms with van der Waals surface area (Å²) >= 11 is 0. The molecule has 1 unspecified atom stereocenters. The second-order valence-corrected chi connectivity index (χ2v) is 4.98. The van der Waals surface area contributed by atoms with Crippen molar-refractivity contribution in [2.45, 2.75) is 25.9 Å². The number of hydrogen-bond donors (Lipinski definition) is 1. The molecule has 0 radical (unpaired) electrons. The molecule has 1 aromatic carbocycles. The summed E-state index contributed by atoms with van der Waals surface area (Å²) in [5.41, 5.74) is 1.99. The highest BCUT2D eigenvalue weighted by atomic mass is 16.5. The molecule has 1 heterocycles. The summed E-state index contributed by atoms with van der Waals surface area (Å²) in [6, 6.07) is 7.97. The molecule has 1 aromatic rings. The average Bonchev–Trinajstić information content (AvgIpc) is 2.48. The molecular formula is C16H22N2O2. The molecule has 20 heavy (non-hydrogen) atoms. The average molecular weight is 274 g/mol. The van der Waals surface area contributed by atoms with Gasteiger partial charge in [-0.1, -0.05) is 6.08 Å². The molecule has 108 valence electrons. The molecule has 0 aromatic heterocycles. The molecule has 4 heteroatoms. The fraction of sp³-hybridized carbons (Fsp3) is 0.438. The maximum absolute atomic E-state index is 11.5. The number of piperidine rings is 1. The molecule has 1 aliphatic heterocycles. The van der Waals surface area contributed by atoms with Crippen LogP contribution in [0.5, 0.6) is 0 Å². The molecule has 1 N–H and O–H groups in total. The van der Waals surface area contributed by atoms with Crippen LogP contribution >= 0.6 is 0 Å². The molecule has 0 spiro atoms. The van der Waals surface area contributed by atoms with E-state index in [0.29, 0.717) is 6.10 Å². The number of carbonyl (C=O) groups is 1. The Labute approximate surface area is 120 Å². The van der Waals surface area contributed by atoms with E-state index in [4.69, 9.17) is 4.74 Å². The standard InChI is InChI=1S/C16H22N2O2/c1-3-5-16(19)17-13-7-9-14(10-8-13)18-11-4-6-15(12-18)20-2/h3,5,7-10,15H,4,6,11-12H2,1-2H3,(H,17,19)/b5-3+. The smallest absolute Gasteiger partial charge is 0.248 e. The zero-order chi connectivity index (χ0) is 14.4. The minimum atomic E-state index is -0.0994. The highest BCUT2D eigenvalue weighted by molar-refractivity contribution is 5.99. The molecular weight excluding hydrogens is 252 g/mol. The number of benzene rings is 1. The van der Waals surface area contributed by atoms with Crippen molar-refractivity contribution in [2.24, 2.45) is 0 Å². The number of hydrogen-bond acceptors (Lipinski definition) is 3. The van der Waals surface area contributed by atoms with Gasteiger partial charge < -0.3 is 15.0 Å². The monoisotopic (exact) mass is 274 g/mol. The lowest BCUT2D eigenvalue weighted by Crippen LogP contribution is -2.39. The van der Waals surface area contributed by atoms with Gasteiger partial charge in [-0.2, -0.15) is 0 Å². The van der Waals surface area contributed by atoms with Crippen LogP contribution in [0.3, 0.4) is 0 Å². The zero-order valence-electron chi connectivity index (χ0n) is 12.1. The first-order valence-electron chi connectivity index (χ1n) is 7.04. The van der Waals surface area contributed by atoms with Gasteiger partial charge in [0.2, 0.25) is 5.91 Å². The van der Waals surface area contributed by atoms with Crippen molar-refractivity contribution in [3.8, 4) is 0 Å². The van der Waals surface area contributed by atoms with Crippen molar-refractivity contribution < 1.29 is 9.53 Å². The van der Waals surface area contributed by atoms with E-state index in [1.165, 1.54) is 11.8 Å². The van der Waals surface area contributed by atoms with Gasteiger partial charge in [-0.3, -0.25) is 4.79 Å². The first kappa shape index (κ1) is 14.6. The third-order valence-electron chi connectivity index (χ3n) is 3.53. The molecule has 2 rings (SSSR count). The molecule has 4 nitrogen and oxygen atoms in total. The molecule has 1 atom stereocenters. The van der Waals surface area contributed by atoms with Gasteiger partial charge in [-0.15, -0.1) is 0 Å². The number of amides is 1.